The van der Waals surface area contributed by atoms with Gasteiger partial charge in [0.1, 0.15) is 0 Å². The van der Waals surface area contributed by atoms with E-state index in [9.17, 15) is 14.4 Å². The topological polar surface area (TPSA) is 132 Å². The van der Waals surface area contributed by atoms with Crippen molar-refractivity contribution in [2.45, 2.75) is 18.4 Å². The van der Waals surface area contributed by atoms with Gasteiger partial charge in [0.25, 0.3) is 0 Å². The molecule has 0 aliphatic rings. The third kappa shape index (κ3) is 8.57. The van der Waals surface area contributed by atoms with Crippen molar-refractivity contribution < 1.29 is 34.8 Å². The normalized spacial score (nSPS) is 9.40. The minimum atomic E-state index is -2.74. The Morgan fingerprint density at radius 2 is 1.20 bits per heavy atom. The molecule has 0 bridgehead atoms. The van der Waals surface area contributed by atoms with Gasteiger partial charge in [-0.25, -0.2) is 4.79 Å². The molecular formula is C6H8KMgO7. The van der Waals surface area contributed by atoms with Gasteiger partial charge in [0.15, 0.2) is 5.60 Å². The monoisotopic (exact) mass is 255 g/mol. The fourth-order valence-corrected chi connectivity index (χ4v) is 0.714. The van der Waals surface area contributed by atoms with Crippen LogP contribution in [0.4, 0.5) is 0 Å². The molecule has 15 heavy (non-hydrogen) atoms. The van der Waals surface area contributed by atoms with E-state index in [1.54, 1.807) is 0 Å². The second-order valence-electron chi connectivity index (χ2n) is 2.48. The summed E-state index contributed by atoms with van der Waals surface area (Å²) in [4.78, 5) is 30.5. The van der Waals surface area contributed by atoms with Crippen LogP contribution in [-0.2, 0) is 14.4 Å². The molecule has 0 amide bonds. The molecule has 0 saturated carbocycles. The first-order chi connectivity index (χ1) is 5.78. The van der Waals surface area contributed by atoms with Gasteiger partial charge in [0.05, 0.1) is 12.8 Å². The van der Waals surface area contributed by atoms with Crippen LogP contribution in [0.2, 0.25) is 0 Å². The maximum absolute atomic E-state index is 10.3. The number of aliphatic carboxylic acids is 3. The Balaban J connectivity index is -0.000000720. The first-order valence-corrected chi connectivity index (χ1v) is 3.17. The smallest absolute Gasteiger partial charge is 0.336 e. The van der Waals surface area contributed by atoms with E-state index < -0.39 is 36.4 Å². The molecular weight excluding hydrogens is 247 g/mol. The SMILES string of the molecule is O=C(O)CC(O)(CC(=O)O)C(=O)O.[K].[Mg]. The molecule has 0 saturated heterocycles. The number of carbonyl (C=O) groups is 3. The fourth-order valence-electron chi connectivity index (χ4n) is 0.714. The van der Waals surface area contributed by atoms with Crippen molar-refractivity contribution in [3.05, 3.63) is 0 Å². The van der Waals surface area contributed by atoms with Crippen LogP contribution in [0.1, 0.15) is 12.8 Å². The molecule has 0 aromatic carbocycles. The summed E-state index contributed by atoms with van der Waals surface area (Å²) in [6.07, 6.45) is -2.29. The Hall–Kier alpha value is 0.773. The summed E-state index contributed by atoms with van der Waals surface area (Å²) in [6, 6.07) is 0. The molecule has 0 aromatic rings. The Kier molecular flexibility index (Phi) is 12.5. The number of hydrogen-bond acceptors (Lipinski definition) is 4. The van der Waals surface area contributed by atoms with Crippen LogP contribution in [0.3, 0.4) is 0 Å². The van der Waals surface area contributed by atoms with Crippen molar-refractivity contribution >= 4 is 92.3 Å². The maximum atomic E-state index is 10.3. The summed E-state index contributed by atoms with van der Waals surface area (Å²) < 4.78 is 0. The van der Waals surface area contributed by atoms with E-state index in [-0.39, 0.29) is 74.4 Å². The Bertz CT molecular complexity index is 238. The summed E-state index contributed by atoms with van der Waals surface area (Å²) >= 11 is 0. The van der Waals surface area contributed by atoms with Gasteiger partial charge in [-0.3, -0.25) is 9.59 Å². The quantitative estimate of drug-likeness (QED) is 0.417. The summed E-state index contributed by atoms with van der Waals surface area (Å²) in [5, 5.41) is 33.8. The molecule has 0 aliphatic heterocycles. The predicted octanol–water partition coefficient (Wildman–Crippen LogP) is -2.01. The third-order valence-corrected chi connectivity index (χ3v) is 1.29. The fraction of sp³-hybridized carbons (Fsp3) is 0.500. The van der Waals surface area contributed by atoms with Gasteiger partial charge >= 0.3 is 17.9 Å². The average molecular weight is 256 g/mol. The zero-order valence-corrected chi connectivity index (χ0v) is 12.7. The van der Waals surface area contributed by atoms with Crippen molar-refractivity contribution in [2.75, 3.05) is 0 Å². The molecule has 0 rings (SSSR count). The van der Waals surface area contributed by atoms with Crippen molar-refractivity contribution in [1.29, 1.82) is 0 Å². The van der Waals surface area contributed by atoms with E-state index in [0.717, 1.165) is 0 Å². The summed E-state index contributed by atoms with van der Waals surface area (Å²) in [5.41, 5.74) is -2.74. The number of carboxylic acid groups (broad SMARTS) is 3. The second kappa shape index (κ2) is 8.87. The Labute approximate surface area is 143 Å². The van der Waals surface area contributed by atoms with E-state index >= 15 is 0 Å². The zero-order valence-electron chi connectivity index (χ0n) is 8.13. The molecule has 0 heterocycles. The van der Waals surface area contributed by atoms with E-state index in [1.807, 2.05) is 0 Å². The second-order valence-corrected chi connectivity index (χ2v) is 2.48. The van der Waals surface area contributed by atoms with Gasteiger partial charge in [-0.15, -0.1) is 0 Å². The van der Waals surface area contributed by atoms with Crippen LogP contribution in [0.5, 0.6) is 0 Å². The number of aliphatic hydroxyl groups is 1. The minimum Gasteiger partial charge on any atom is -0.481 e. The van der Waals surface area contributed by atoms with E-state index in [0.29, 0.717) is 0 Å². The molecule has 0 aromatic heterocycles. The number of hydrogen-bond donors (Lipinski definition) is 4. The molecule has 0 spiro atoms. The van der Waals surface area contributed by atoms with Crippen molar-refractivity contribution in [2.24, 2.45) is 0 Å². The van der Waals surface area contributed by atoms with Crippen molar-refractivity contribution in [3.8, 4) is 0 Å². The summed E-state index contributed by atoms with van der Waals surface area (Å²) in [5.74, 6) is -5.02. The standard InChI is InChI=1S/C6H8O7.K.Mg/c7-3(8)1-6(13,5(11)12)2-4(9)10;;/h13H,1-2H2,(H,7,8)(H,9,10)(H,11,12);;. The molecule has 0 aliphatic carbocycles. The first-order valence-electron chi connectivity index (χ1n) is 3.17. The van der Waals surface area contributed by atoms with E-state index in [1.165, 1.54) is 0 Å². The van der Waals surface area contributed by atoms with Crippen LogP contribution >= 0.6 is 0 Å². The molecule has 0 unspecified atom stereocenters. The van der Waals surface area contributed by atoms with E-state index in [4.69, 9.17) is 20.4 Å². The molecule has 9 heteroatoms. The first kappa shape index (κ1) is 21.1. The van der Waals surface area contributed by atoms with Gasteiger partial charge < -0.3 is 20.4 Å². The largest absolute Gasteiger partial charge is 0.481 e. The van der Waals surface area contributed by atoms with Crippen molar-refractivity contribution in [3.63, 3.8) is 0 Å². The zero-order chi connectivity index (χ0) is 10.6. The molecule has 77 valence electrons. The van der Waals surface area contributed by atoms with Gasteiger partial charge in [-0.1, -0.05) is 0 Å². The van der Waals surface area contributed by atoms with Crippen LogP contribution in [0.15, 0.2) is 0 Å². The molecule has 3 radical (unpaired) electrons. The van der Waals surface area contributed by atoms with Gasteiger partial charge in [-0.05, 0) is 0 Å². The molecule has 0 fully saturated rings. The van der Waals surface area contributed by atoms with Gasteiger partial charge in [-0.2, -0.15) is 0 Å². The Morgan fingerprint density at radius 1 is 0.933 bits per heavy atom. The van der Waals surface area contributed by atoms with Gasteiger partial charge in [0, 0.05) is 74.4 Å². The minimum absolute atomic E-state index is 0. The van der Waals surface area contributed by atoms with Crippen LogP contribution < -0.4 is 0 Å². The number of rotatable bonds is 5. The van der Waals surface area contributed by atoms with Crippen molar-refractivity contribution in [1.82, 2.24) is 0 Å². The molecule has 4 N–H and O–H groups in total. The van der Waals surface area contributed by atoms with E-state index in [2.05, 4.69) is 0 Å². The summed E-state index contributed by atoms with van der Waals surface area (Å²) in [7, 11) is 0. The molecule has 7 nitrogen and oxygen atoms in total. The van der Waals surface area contributed by atoms with Crippen LogP contribution in [0.25, 0.3) is 0 Å². The summed E-state index contributed by atoms with van der Waals surface area (Å²) in [6.45, 7) is 0. The van der Waals surface area contributed by atoms with Crippen LogP contribution in [0, 0.1) is 0 Å². The average Bonchev–Trinajstić information content (AvgIpc) is 1.82. The number of carboxylic acids is 3. The molecule has 0 atom stereocenters. The third-order valence-electron chi connectivity index (χ3n) is 1.29. The maximum Gasteiger partial charge on any atom is 0.336 e. The predicted molar refractivity (Wildman–Crippen MR) is 48.6 cm³/mol. The Morgan fingerprint density at radius 3 is 1.33 bits per heavy atom. The van der Waals surface area contributed by atoms with Gasteiger partial charge in [0.2, 0.25) is 0 Å². The van der Waals surface area contributed by atoms with Crippen LogP contribution in [-0.4, -0.2) is 118 Å².